The van der Waals surface area contributed by atoms with Gasteiger partial charge in [-0.25, -0.2) is 0 Å². The molecule has 0 bridgehead atoms. The summed E-state index contributed by atoms with van der Waals surface area (Å²) in [6.45, 7) is 8.29. The van der Waals surface area contributed by atoms with Gasteiger partial charge in [0.05, 0.1) is 6.20 Å². The van der Waals surface area contributed by atoms with Gasteiger partial charge in [0.15, 0.2) is 0 Å². The normalized spacial score (nSPS) is 12.9. The molecule has 0 spiro atoms. The van der Waals surface area contributed by atoms with Gasteiger partial charge in [0.1, 0.15) is 0 Å². The number of thiophene rings is 1. The summed E-state index contributed by atoms with van der Waals surface area (Å²) >= 11 is 1.74. The van der Waals surface area contributed by atoms with E-state index in [1.54, 1.807) is 11.3 Å². The lowest BCUT2D eigenvalue weighted by molar-refractivity contribution is 0.568. The molecule has 0 aliphatic heterocycles. The molecule has 92 valence electrons. The molecule has 2 heterocycles. The Kier molecular flexibility index (Phi) is 3.97. The van der Waals surface area contributed by atoms with E-state index in [1.807, 2.05) is 10.9 Å². The fourth-order valence-electron chi connectivity index (χ4n) is 1.98. The molecular weight excluding hydrogens is 230 g/mol. The standard InChI is InChI=1S/C13H19N3S/c1-4-16-11(3)13(8-15-16)10(2)14-7-12-5-6-17-9-12/h5-6,8-10,14H,4,7H2,1-3H3. The Morgan fingerprint density at radius 2 is 2.35 bits per heavy atom. The molecule has 1 unspecified atom stereocenters. The predicted molar refractivity (Wildman–Crippen MR) is 72.2 cm³/mol. The van der Waals surface area contributed by atoms with Gasteiger partial charge < -0.3 is 5.32 Å². The number of aromatic nitrogens is 2. The van der Waals surface area contributed by atoms with Crippen LogP contribution in [0.25, 0.3) is 0 Å². The van der Waals surface area contributed by atoms with E-state index in [1.165, 1.54) is 16.8 Å². The molecule has 0 fully saturated rings. The summed E-state index contributed by atoms with van der Waals surface area (Å²) in [7, 11) is 0. The minimum Gasteiger partial charge on any atom is -0.306 e. The van der Waals surface area contributed by atoms with Gasteiger partial charge >= 0.3 is 0 Å². The van der Waals surface area contributed by atoms with E-state index < -0.39 is 0 Å². The smallest absolute Gasteiger partial charge is 0.0540 e. The molecule has 0 aromatic carbocycles. The molecule has 2 aromatic heterocycles. The average molecular weight is 249 g/mol. The molecule has 0 saturated heterocycles. The molecule has 0 amide bonds. The van der Waals surface area contributed by atoms with Crippen molar-refractivity contribution in [2.45, 2.75) is 39.9 Å². The van der Waals surface area contributed by atoms with Gasteiger partial charge in [-0.1, -0.05) is 0 Å². The maximum absolute atomic E-state index is 4.38. The molecule has 3 nitrogen and oxygen atoms in total. The van der Waals surface area contributed by atoms with Crippen LogP contribution in [0.3, 0.4) is 0 Å². The van der Waals surface area contributed by atoms with Gasteiger partial charge in [0, 0.05) is 30.4 Å². The van der Waals surface area contributed by atoms with Crippen molar-refractivity contribution in [2.75, 3.05) is 0 Å². The van der Waals surface area contributed by atoms with Crippen LogP contribution in [0.4, 0.5) is 0 Å². The first-order chi connectivity index (χ1) is 8.22. The molecule has 1 N–H and O–H groups in total. The lowest BCUT2D eigenvalue weighted by Gasteiger charge is -2.13. The molecule has 0 radical (unpaired) electrons. The van der Waals surface area contributed by atoms with E-state index in [4.69, 9.17) is 0 Å². The fraction of sp³-hybridized carbons (Fsp3) is 0.462. The summed E-state index contributed by atoms with van der Waals surface area (Å²) < 4.78 is 2.04. The van der Waals surface area contributed by atoms with E-state index in [0.717, 1.165) is 13.1 Å². The van der Waals surface area contributed by atoms with E-state index >= 15 is 0 Å². The van der Waals surface area contributed by atoms with E-state index in [2.05, 4.69) is 48.0 Å². The summed E-state index contributed by atoms with van der Waals surface area (Å²) in [5.41, 5.74) is 3.90. The van der Waals surface area contributed by atoms with Crippen molar-refractivity contribution >= 4 is 11.3 Å². The second-order valence-electron chi connectivity index (χ2n) is 4.24. The van der Waals surface area contributed by atoms with Crippen LogP contribution in [0.15, 0.2) is 23.0 Å². The average Bonchev–Trinajstić information content (AvgIpc) is 2.95. The zero-order chi connectivity index (χ0) is 12.3. The van der Waals surface area contributed by atoms with Gasteiger partial charge in [0.25, 0.3) is 0 Å². The van der Waals surface area contributed by atoms with E-state index in [0.29, 0.717) is 6.04 Å². The highest BCUT2D eigenvalue weighted by atomic mass is 32.1. The molecule has 0 aliphatic carbocycles. The second kappa shape index (κ2) is 5.47. The van der Waals surface area contributed by atoms with Crippen LogP contribution in [0.5, 0.6) is 0 Å². The Morgan fingerprint density at radius 1 is 1.53 bits per heavy atom. The Balaban J connectivity index is 1.99. The summed E-state index contributed by atoms with van der Waals surface area (Å²) in [6.07, 6.45) is 1.98. The third kappa shape index (κ3) is 2.76. The fourth-order valence-corrected chi connectivity index (χ4v) is 2.65. The highest BCUT2D eigenvalue weighted by Crippen LogP contribution is 2.17. The zero-order valence-corrected chi connectivity index (χ0v) is 11.4. The van der Waals surface area contributed by atoms with E-state index in [-0.39, 0.29) is 0 Å². The van der Waals surface area contributed by atoms with Crippen molar-refractivity contribution < 1.29 is 0 Å². The number of nitrogens with zero attached hydrogens (tertiary/aromatic N) is 2. The van der Waals surface area contributed by atoms with Crippen LogP contribution in [0.2, 0.25) is 0 Å². The number of nitrogens with one attached hydrogen (secondary N) is 1. The molecule has 2 rings (SSSR count). The highest BCUT2D eigenvalue weighted by molar-refractivity contribution is 7.07. The lowest BCUT2D eigenvalue weighted by atomic mass is 10.1. The first-order valence-corrected chi connectivity index (χ1v) is 6.93. The third-order valence-electron chi connectivity index (χ3n) is 3.10. The van der Waals surface area contributed by atoms with Crippen molar-refractivity contribution in [2.24, 2.45) is 0 Å². The van der Waals surface area contributed by atoms with Crippen molar-refractivity contribution in [1.29, 1.82) is 0 Å². The number of aryl methyl sites for hydroxylation is 1. The van der Waals surface area contributed by atoms with Crippen LogP contribution < -0.4 is 5.32 Å². The SMILES string of the molecule is CCn1ncc(C(C)NCc2ccsc2)c1C. The Hall–Kier alpha value is -1.13. The summed E-state index contributed by atoms with van der Waals surface area (Å²) in [4.78, 5) is 0. The van der Waals surface area contributed by atoms with Crippen LogP contribution in [0, 0.1) is 6.92 Å². The largest absolute Gasteiger partial charge is 0.306 e. The van der Waals surface area contributed by atoms with Gasteiger partial charge in [-0.05, 0) is 43.2 Å². The minimum absolute atomic E-state index is 0.343. The van der Waals surface area contributed by atoms with Gasteiger partial charge in [-0.3, -0.25) is 4.68 Å². The maximum atomic E-state index is 4.38. The van der Waals surface area contributed by atoms with E-state index in [9.17, 15) is 0 Å². The molecule has 2 aromatic rings. The molecule has 0 saturated carbocycles. The second-order valence-corrected chi connectivity index (χ2v) is 5.02. The van der Waals surface area contributed by atoms with Crippen molar-refractivity contribution in [3.8, 4) is 0 Å². The molecule has 1 atom stereocenters. The van der Waals surface area contributed by atoms with Crippen LogP contribution in [0.1, 0.15) is 36.7 Å². The Bertz CT molecular complexity index is 459. The van der Waals surface area contributed by atoms with Crippen molar-refractivity contribution in [3.05, 3.63) is 39.8 Å². The highest BCUT2D eigenvalue weighted by Gasteiger charge is 2.12. The Labute approximate surface area is 106 Å². The third-order valence-corrected chi connectivity index (χ3v) is 3.83. The van der Waals surface area contributed by atoms with Gasteiger partial charge in [-0.2, -0.15) is 16.4 Å². The molecular formula is C13H19N3S. The number of rotatable bonds is 5. The predicted octanol–water partition coefficient (Wildman–Crippen LogP) is 3.12. The molecule has 0 aliphatic rings. The van der Waals surface area contributed by atoms with Crippen molar-refractivity contribution in [1.82, 2.24) is 15.1 Å². The minimum atomic E-state index is 0.343. The number of hydrogen-bond donors (Lipinski definition) is 1. The summed E-state index contributed by atoms with van der Waals surface area (Å²) in [5.74, 6) is 0. The first-order valence-electron chi connectivity index (χ1n) is 5.99. The van der Waals surface area contributed by atoms with Crippen LogP contribution in [-0.4, -0.2) is 9.78 Å². The first kappa shape index (κ1) is 12.3. The topological polar surface area (TPSA) is 29.9 Å². The summed E-state index contributed by atoms with van der Waals surface area (Å²) in [5, 5.41) is 12.2. The van der Waals surface area contributed by atoms with Gasteiger partial charge in [0.2, 0.25) is 0 Å². The Morgan fingerprint density at radius 3 is 2.94 bits per heavy atom. The number of hydrogen-bond acceptors (Lipinski definition) is 3. The quantitative estimate of drug-likeness (QED) is 0.882. The zero-order valence-electron chi connectivity index (χ0n) is 10.6. The van der Waals surface area contributed by atoms with Gasteiger partial charge in [-0.15, -0.1) is 0 Å². The van der Waals surface area contributed by atoms with Crippen molar-refractivity contribution in [3.63, 3.8) is 0 Å². The molecule has 4 heteroatoms. The maximum Gasteiger partial charge on any atom is 0.0540 e. The monoisotopic (exact) mass is 249 g/mol. The molecule has 17 heavy (non-hydrogen) atoms. The van der Waals surface area contributed by atoms with Crippen LogP contribution in [-0.2, 0) is 13.1 Å². The summed E-state index contributed by atoms with van der Waals surface area (Å²) in [6, 6.07) is 2.50. The lowest BCUT2D eigenvalue weighted by Crippen LogP contribution is -2.18. The van der Waals surface area contributed by atoms with Crippen LogP contribution >= 0.6 is 11.3 Å².